The van der Waals surface area contributed by atoms with Crippen LogP contribution < -0.4 is 20.3 Å². The second kappa shape index (κ2) is 8.70. The zero-order valence-corrected chi connectivity index (χ0v) is 17.8. The van der Waals surface area contributed by atoms with Crippen molar-refractivity contribution in [2.45, 2.75) is 31.5 Å². The Morgan fingerprint density at radius 1 is 1.09 bits per heavy atom. The van der Waals surface area contributed by atoms with Gasteiger partial charge in [0.2, 0.25) is 11.8 Å². The van der Waals surface area contributed by atoms with Crippen molar-refractivity contribution in [3.63, 3.8) is 0 Å². The average molecular weight is 436 g/mol. The summed E-state index contributed by atoms with van der Waals surface area (Å²) in [4.78, 5) is 53.5. The molecule has 0 unspecified atom stereocenters. The van der Waals surface area contributed by atoms with Crippen molar-refractivity contribution in [3.8, 4) is 5.75 Å². The van der Waals surface area contributed by atoms with Crippen LogP contribution in [0, 0.1) is 0 Å². The van der Waals surface area contributed by atoms with E-state index in [9.17, 15) is 19.2 Å². The largest absolute Gasteiger partial charge is 0.497 e. The molecule has 4 rings (SSSR count). The molecule has 9 nitrogen and oxygen atoms in total. The van der Waals surface area contributed by atoms with E-state index in [2.05, 4.69) is 10.6 Å². The van der Waals surface area contributed by atoms with Crippen LogP contribution in [0.2, 0.25) is 0 Å². The van der Waals surface area contributed by atoms with Crippen LogP contribution in [0.5, 0.6) is 5.75 Å². The molecule has 2 atom stereocenters. The van der Waals surface area contributed by atoms with Crippen molar-refractivity contribution in [1.29, 1.82) is 0 Å². The third-order valence-corrected chi connectivity index (χ3v) is 5.85. The third-order valence-electron chi connectivity index (χ3n) is 5.85. The molecular weight excluding hydrogens is 412 g/mol. The molecule has 5 amide bonds. The number of nitrogens with zero attached hydrogens (tertiary/aromatic N) is 2. The van der Waals surface area contributed by atoms with Gasteiger partial charge in [-0.3, -0.25) is 14.4 Å². The summed E-state index contributed by atoms with van der Waals surface area (Å²) in [5.41, 5.74) is 2.36. The van der Waals surface area contributed by atoms with Gasteiger partial charge in [0.15, 0.2) is 0 Å². The van der Waals surface area contributed by atoms with Crippen molar-refractivity contribution in [2.24, 2.45) is 0 Å². The maximum atomic E-state index is 13.2. The summed E-state index contributed by atoms with van der Waals surface area (Å²) in [5.74, 6) is -0.557. The first-order valence-electron chi connectivity index (χ1n) is 10.3. The van der Waals surface area contributed by atoms with Gasteiger partial charge in [-0.1, -0.05) is 24.3 Å². The first-order valence-corrected chi connectivity index (χ1v) is 10.3. The number of nitrogens with one attached hydrogen (secondary N) is 2. The monoisotopic (exact) mass is 436 g/mol. The molecule has 0 spiro atoms. The molecule has 0 saturated carbocycles. The van der Waals surface area contributed by atoms with Gasteiger partial charge in [-0.05, 0) is 35.4 Å². The Bertz CT molecular complexity index is 1070. The van der Waals surface area contributed by atoms with Crippen molar-refractivity contribution in [3.05, 3.63) is 59.7 Å². The first kappa shape index (κ1) is 21.4. The van der Waals surface area contributed by atoms with E-state index in [0.717, 1.165) is 16.0 Å². The normalized spacial score (nSPS) is 19.9. The maximum Gasteiger partial charge on any atom is 0.329 e. The van der Waals surface area contributed by atoms with Gasteiger partial charge in [-0.25, -0.2) is 9.69 Å². The van der Waals surface area contributed by atoms with Crippen LogP contribution in [0.3, 0.4) is 0 Å². The number of likely N-dealkylation sites (N-methyl/N-ethyl adjacent to an activating group) is 1. The van der Waals surface area contributed by atoms with Crippen LogP contribution >= 0.6 is 0 Å². The first-order chi connectivity index (χ1) is 15.4. The lowest BCUT2D eigenvalue weighted by Crippen LogP contribution is -2.53. The summed E-state index contributed by atoms with van der Waals surface area (Å²) in [6, 6.07) is 11.9. The van der Waals surface area contributed by atoms with Crippen molar-refractivity contribution in [2.75, 3.05) is 19.1 Å². The molecule has 0 bridgehead atoms. The number of benzene rings is 2. The fourth-order valence-corrected chi connectivity index (χ4v) is 4.12. The Kier molecular flexibility index (Phi) is 5.81. The zero-order valence-electron chi connectivity index (χ0n) is 17.8. The van der Waals surface area contributed by atoms with Gasteiger partial charge in [0.25, 0.3) is 5.91 Å². The lowest BCUT2D eigenvalue weighted by molar-refractivity contribution is -0.142. The highest BCUT2D eigenvalue weighted by molar-refractivity contribution is 6.22. The Labute approximate surface area is 185 Å². The van der Waals surface area contributed by atoms with E-state index in [0.29, 0.717) is 17.9 Å². The molecule has 0 radical (unpaired) electrons. The molecule has 2 aliphatic heterocycles. The standard InChI is InChI=1S/C23H24N4O5/c1-24-21(29)19-11-14-5-3-4-6-15(14)13-26(19)20(28)12-18-22(30)27(23(31)25-18)16-7-9-17(32-2)10-8-16/h3-10,18-19H,11-13H2,1-2H3,(H,24,29)(H,25,31)/t18-,19-/m1/s1. The van der Waals surface area contributed by atoms with Gasteiger partial charge in [0, 0.05) is 20.0 Å². The molecular formula is C23H24N4O5. The number of rotatable bonds is 5. The number of amides is 5. The van der Waals surface area contributed by atoms with Gasteiger partial charge in [-0.15, -0.1) is 0 Å². The van der Waals surface area contributed by atoms with Crippen molar-refractivity contribution < 1.29 is 23.9 Å². The molecule has 2 N–H and O–H groups in total. The smallest absolute Gasteiger partial charge is 0.329 e. The molecule has 9 heteroatoms. The second-order valence-corrected chi connectivity index (χ2v) is 7.70. The molecule has 32 heavy (non-hydrogen) atoms. The van der Waals surface area contributed by atoms with E-state index < -0.39 is 24.0 Å². The second-order valence-electron chi connectivity index (χ2n) is 7.70. The zero-order chi connectivity index (χ0) is 22.8. The van der Waals surface area contributed by atoms with E-state index >= 15 is 0 Å². The number of fused-ring (bicyclic) bond motifs is 1. The number of imide groups is 1. The Morgan fingerprint density at radius 3 is 2.44 bits per heavy atom. The average Bonchev–Trinajstić information content (AvgIpc) is 3.10. The minimum Gasteiger partial charge on any atom is -0.497 e. The Morgan fingerprint density at radius 2 is 1.78 bits per heavy atom. The van der Waals surface area contributed by atoms with Gasteiger partial charge in [-0.2, -0.15) is 0 Å². The number of methoxy groups -OCH3 is 1. The van der Waals surface area contributed by atoms with Crippen LogP contribution in [0.25, 0.3) is 0 Å². The predicted molar refractivity (Wildman–Crippen MR) is 116 cm³/mol. The summed E-state index contributed by atoms with van der Waals surface area (Å²) < 4.78 is 5.10. The molecule has 2 heterocycles. The molecule has 0 aliphatic carbocycles. The fourth-order valence-electron chi connectivity index (χ4n) is 4.12. The summed E-state index contributed by atoms with van der Waals surface area (Å²) in [5, 5.41) is 5.20. The van der Waals surface area contributed by atoms with Gasteiger partial charge < -0.3 is 20.3 Å². The lowest BCUT2D eigenvalue weighted by atomic mass is 9.93. The minimum absolute atomic E-state index is 0.229. The summed E-state index contributed by atoms with van der Waals surface area (Å²) in [7, 11) is 3.05. The Balaban J connectivity index is 1.51. The van der Waals surface area contributed by atoms with Gasteiger partial charge in [0.1, 0.15) is 17.8 Å². The molecule has 2 aromatic carbocycles. The molecule has 0 aromatic heterocycles. The number of anilines is 1. The van der Waals surface area contributed by atoms with E-state index in [1.54, 1.807) is 24.3 Å². The number of urea groups is 1. The van der Waals surface area contributed by atoms with E-state index in [1.807, 2.05) is 24.3 Å². The highest BCUT2D eigenvalue weighted by Crippen LogP contribution is 2.27. The fraction of sp³-hybridized carbons (Fsp3) is 0.304. The number of carbonyl (C=O) groups is 4. The molecule has 1 saturated heterocycles. The Hall–Kier alpha value is -3.88. The van der Waals surface area contributed by atoms with Crippen molar-refractivity contribution in [1.82, 2.24) is 15.5 Å². The number of carbonyl (C=O) groups excluding carboxylic acids is 4. The van der Waals surface area contributed by atoms with Crippen LogP contribution in [0.15, 0.2) is 48.5 Å². The molecule has 1 fully saturated rings. The summed E-state index contributed by atoms with van der Waals surface area (Å²) in [6.45, 7) is 0.268. The van der Waals surface area contributed by atoms with E-state index in [-0.39, 0.29) is 24.8 Å². The topological polar surface area (TPSA) is 108 Å². The third kappa shape index (κ3) is 3.89. The van der Waals surface area contributed by atoms with Crippen LogP contribution in [-0.2, 0) is 27.3 Å². The molecule has 2 aromatic rings. The molecule has 2 aliphatic rings. The molecule has 166 valence electrons. The maximum absolute atomic E-state index is 13.2. The van der Waals surface area contributed by atoms with Crippen LogP contribution in [0.1, 0.15) is 17.5 Å². The highest BCUT2D eigenvalue weighted by Gasteiger charge is 2.42. The quantitative estimate of drug-likeness (QED) is 0.685. The van der Waals surface area contributed by atoms with E-state index in [4.69, 9.17) is 4.74 Å². The lowest BCUT2D eigenvalue weighted by Gasteiger charge is -2.36. The number of hydrogen-bond donors (Lipinski definition) is 2. The summed E-state index contributed by atoms with van der Waals surface area (Å²) >= 11 is 0. The van der Waals surface area contributed by atoms with Gasteiger partial charge in [0.05, 0.1) is 19.2 Å². The number of hydrogen-bond acceptors (Lipinski definition) is 5. The minimum atomic E-state index is -1.00. The number of ether oxygens (including phenoxy) is 1. The highest BCUT2D eigenvalue weighted by atomic mass is 16.5. The summed E-state index contributed by atoms with van der Waals surface area (Å²) in [6.07, 6.45) is 0.164. The van der Waals surface area contributed by atoms with Crippen LogP contribution in [-0.4, -0.2) is 54.9 Å². The SMILES string of the molecule is CNC(=O)[C@H]1Cc2ccccc2CN1C(=O)C[C@H]1NC(=O)N(c2ccc(OC)cc2)C1=O. The predicted octanol–water partition coefficient (Wildman–Crippen LogP) is 1.21. The van der Waals surface area contributed by atoms with Crippen LogP contribution in [0.4, 0.5) is 10.5 Å². The van der Waals surface area contributed by atoms with E-state index in [1.165, 1.54) is 19.1 Å². The van der Waals surface area contributed by atoms with Gasteiger partial charge >= 0.3 is 6.03 Å². The van der Waals surface area contributed by atoms with Crippen molar-refractivity contribution >= 4 is 29.4 Å².